The lowest BCUT2D eigenvalue weighted by molar-refractivity contribution is -0.124. The van der Waals surface area contributed by atoms with E-state index >= 15 is 0 Å². The van der Waals surface area contributed by atoms with E-state index < -0.39 is 5.60 Å². The van der Waals surface area contributed by atoms with E-state index in [2.05, 4.69) is 27.3 Å². The minimum Gasteiger partial charge on any atom is -0.390 e. The van der Waals surface area contributed by atoms with Crippen LogP contribution in [-0.2, 0) is 10.2 Å². The second-order valence-electron chi connectivity index (χ2n) is 8.72. The van der Waals surface area contributed by atoms with Gasteiger partial charge in [-0.15, -0.1) is 0 Å². The Morgan fingerprint density at radius 2 is 2.08 bits per heavy atom. The third-order valence-corrected chi connectivity index (χ3v) is 6.75. The lowest BCUT2D eigenvalue weighted by Crippen LogP contribution is -2.54. The lowest BCUT2D eigenvalue weighted by Gasteiger charge is -2.43. The average Bonchev–Trinajstić information content (AvgIpc) is 3.27. The maximum Gasteiger partial charge on any atom is 0.254 e. The molecule has 3 aliphatic rings. The monoisotopic (exact) mass is 420 g/mol. The molecule has 2 fully saturated rings. The number of nitrogens with zero attached hydrogens (tertiary/aromatic N) is 1. The normalized spacial score (nSPS) is 26.3. The Kier molecular flexibility index (Phi) is 4.19. The fraction of sp³-hybridized carbons (Fsp3) is 0.600. The fourth-order valence-electron chi connectivity index (χ4n) is 4.30. The molecule has 140 valence electrons. The van der Waals surface area contributed by atoms with Crippen LogP contribution >= 0.6 is 15.9 Å². The van der Waals surface area contributed by atoms with Crippen LogP contribution in [0.5, 0.6) is 0 Å². The SMILES string of the molecule is CC(C)(O)C1CC(NC(=O)CN2CC3(CC3)c3cc(Br)ccc3C2=O)C1. The quantitative estimate of drug-likeness (QED) is 0.786. The number of carbonyl (C=O) groups is 2. The molecule has 2 N–H and O–H groups in total. The van der Waals surface area contributed by atoms with Gasteiger partial charge in [0.25, 0.3) is 5.91 Å². The highest BCUT2D eigenvalue weighted by atomic mass is 79.9. The van der Waals surface area contributed by atoms with E-state index in [0.29, 0.717) is 6.54 Å². The summed E-state index contributed by atoms with van der Waals surface area (Å²) in [4.78, 5) is 27.0. The smallest absolute Gasteiger partial charge is 0.254 e. The molecular formula is C20H25BrN2O3. The van der Waals surface area contributed by atoms with E-state index in [1.165, 1.54) is 0 Å². The molecule has 0 unspecified atom stereocenters. The first-order chi connectivity index (χ1) is 12.2. The number of fused-ring (bicyclic) bond motifs is 2. The average molecular weight is 421 g/mol. The number of hydrogen-bond acceptors (Lipinski definition) is 3. The van der Waals surface area contributed by atoms with Crippen molar-refractivity contribution in [3.05, 3.63) is 33.8 Å². The third kappa shape index (κ3) is 3.18. The number of halogens is 1. The molecular weight excluding hydrogens is 396 g/mol. The van der Waals surface area contributed by atoms with Crippen molar-refractivity contribution in [1.29, 1.82) is 0 Å². The molecule has 5 nitrogen and oxygen atoms in total. The van der Waals surface area contributed by atoms with Gasteiger partial charge < -0.3 is 15.3 Å². The summed E-state index contributed by atoms with van der Waals surface area (Å²) in [6.45, 7) is 4.36. The van der Waals surface area contributed by atoms with Crippen LogP contribution in [0.4, 0.5) is 0 Å². The topological polar surface area (TPSA) is 69.6 Å². The van der Waals surface area contributed by atoms with E-state index in [9.17, 15) is 14.7 Å². The van der Waals surface area contributed by atoms with Crippen LogP contribution in [0.3, 0.4) is 0 Å². The summed E-state index contributed by atoms with van der Waals surface area (Å²) in [7, 11) is 0. The summed E-state index contributed by atoms with van der Waals surface area (Å²) < 4.78 is 0.993. The van der Waals surface area contributed by atoms with E-state index in [1.54, 1.807) is 4.90 Å². The number of nitrogens with one attached hydrogen (secondary N) is 1. The van der Waals surface area contributed by atoms with Gasteiger partial charge in [-0.2, -0.15) is 0 Å². The molecule has 1 aromatic carbocycles. The molecule has 2 aliphatic carbocycles. The van der Waals surface area contributed by atoms with Crippen LogP contribution in [0.15, 0.2) is 22.7 Å². The first kappa shape index (κ1) is 18.0. The van der Waals surface area contributed by atoms with Gasteiger partial charge in [0.1, 0.15) is 0 Å². The van der Waals surface area contributed by atoms with Crippen molar-refractivity contribution in [3.8, 4) is 0 Å². The molecule has 2 saturated carbocycles. The summed E-state index contributed by atoms with van der Waals surface area (Å²) in [6, 6.07) is 5.92. The van der Waals surface area contributed by atoms with Gasteiger partial charge in [-0.05, 0) is 69.2 Å². The van der Waals surface area contributed by atoms with Gasteiger partial charge in [-0.25, -0.2) is 0 Å². The Morgan fingerprint density at radius 3 is 2.69 bits per heavy atom. The molecule has 1 aliphatic heterocycles. The maximum atomic E-state index is 12.8. The van der Waals surface area contributed by atoms with Crippen LogP contribution < -0.4 is 5.32 Å². The van der Waals surface area contributed by atoms with Crippen LogP contribution in [0.2, 0.25) is 0 Å². The van der Waals surface area contributed by atoms with E-state index in [-0.39, 0.29) is 35.7 Å². The molecule has 0 atom stereocenters. The number of carbonyl (C=O) groups excluding carboxylic acids is 2. The van der Waals surface area contributed by atoms with Gasteiger partial charge in [0.05, 0.1) is 12.1 Å². The van der Waals surface area contributed by atoms with E-state index in [1.807, 2.05) is 26.0 Å². The van der Waals surface area contributed by atoms with Crippen molar-refractivity contribution in [2.24, 2.45) is 5.92 Å². The zero-order valence-electron chi connectivity index (χ0n) is 15.2. The molecule has 6 heteroatoms. The summed E-state index contributed by atoms with van der Waals surface area (Å²) in [6.07, 6.45) is 3.73. The van der Waals surface area contributed by atoms with Gasteiger partial charge in [0, 0.05) is 28.0 Å². The second kappa shape index (κ2) is 6.06. The molecule has 1 spiro atoms. The highest BCUT2D eigenvalue weighted by Gasteiger charge is 2.51. The Balaban J connectivity index is 1.40. The van der Waals surface area contributed by atoms with Crippen LogP contribution in [-0.4, -0.2) is 46.6 Å². The number of amides is 2. The van der Waals surface area contributed by atoms with E-state index in [4.69, 9.17) is 0 Å². The molecule has 0 saturated heterocycles. The molecule has 1 aromatic rings. The molecule has 0 aromatic heterocycles. The summed E-state index contributed by atoms with van der Waals surface area (Å²) in [5.74, 6) is 0.0709. The van der Waals surface area contributed by atoms with Gasteiger partial charge in [-0.1, -0.05) is 15.9 Å². The maximum absolute atomic E-state index is 12.8. The molecule has 2 amide bonds. The predicted octanol–water partition coefficient (Wildman–Crippen LogP) is 2.60. The van der Waals surface area contributed by atoms with Gasteiger partial charge in [0.15, 0.2) is 0 Å². The van der Waals surface area contributed by atoms with Crippen molar-refractivity contribution in [2.75, 3.05) is 13.1 Å². The van der Waals surface area contributed by atoms with Gasteiger partial charge >= 0.3 is 0 Å². The zero-order chi connectivity index (χ0) is 18.7. The zero-order valence-corrected chi connectivity index (χ0v) is 16.8. The largest absolute Gasteiger partial charge is 0.390 e. The Morgan fingerprint density at radius 1 is 1.38 bits per heavy atom. The number of aliphatic hydroxyl groups is 1. The van der Waals surface area contributed by atoms with Crippen LogP contribution in [0.25, 0.3) is 0 Å². The molecule has 26 heavy (non-hydrogen) atoms. The van der Waals surface area contributed by atoms with Crippen molar-refractivity contribution in [1.82, 2.24) is 10.2 Å². The van der Waals surface area contributed by atoms with Crippen LogP contribution in [0, 0.1) is 5.92 Å². The number of hydrogen-bond donors (Lipinski definition) is 2. The summed E-state index contributed by atoms with van der Waals surface area (Å²) in [5, 5.41) is 13.0. The molecule has 4 rings (SSSR count). The first-order valence-electron chi connectivity index (χ1n) is 9.29. The van der Waals surface area contributed by atoms with Crippen molar-refractivity contribution in [2.45, 2.75) is 56.6 Å². The lowest BCUT2D eigenvalue weighted by atomic mass is 9.71. The van der Waals surface area contributed by atoms with Gasteiger partial charge in [0.2, 0.25) is 5.91 Å². The van der Waals surface area contributed by atoms with Crippen molar-refractivity contribution >= 4 is 27.7 Å². The second-order valence-corrected chi connectivity index (χ2v) is 9.63. The van der Waals surface area contributed by atoms with Crippen LogP contribution in [0.1, 0.15) is 55.5 Å². The first-order valence-corrected chi connectivity index (χ1v) is 10.1. The summed E-state index contributed by atoms with van der Waals surface area (Å²) in [5.41, 5.74) is 1.20. The molecule has 0 radical (unpaired) electrons. The Labute approximate surface area is 162 Å². The molecule has 1 heterocycles. The summed E-state index contributed by atoms with van der Waals surface area (Å²) >= 11 is 3.50. The fourth-order valence-corrected chi connectivity index (χ4v) is 4.66. The third-order valence-electron chi connectivity index (χ3n) is 6.25. The standard InChI is InChI=1S/C20H25BrN2O3/c1-19(2,26)12-7-14(8-12)22-17(24)10-23-11-20(5-6-20)16-9-13(21)3-4-15(16)18(23)25/h3-4,9,12,14,26H,5-8,10-11H2,1-2H3,(H,22,24). The van der Waals surface area contributed by atoms with Crippen molar-refractivity contribution < 1.29 is 14.7 Å². The molecule has 0 bridgehead atoms. The Bertz CT molecular complexity index is 761. The number of benzene rings is 1. The van der Waals surface area contributed by atoms with Gasteiger partial charge in [-0.3, -0.25) is 9.59 Å². The highest BCUT2D eigenvalue weighted by molar-refractivity contribution is 9.10. The minimum absolute atomic E-state index is 0.0375. The van der Waals surface area contributed by atoms with Crippen molar-refractivity contribution in [3.63, 3.8) is 0 Å². The highest BCUT2D eigenvalue weighted by Crippen LogP contribution is 2.52. The minimum atomic E-state index is -0.694. The predicted molar refractivity (Wildman–Crippen MR) is 102 cm³/mol. The Hall–Kier alpha value is -1.40. The van der Waals surface area contributed by atoms with E-state index in [0.717, 1.165) is 41.3 Å². The number of rotatable bonds is 4.